The highest BCUT2D eigenvalue weighted by Gasteiger charge is 2.25. The van der Waals surface area contributed by atoms with Crippen molar-refractivity contribution in [3.05, 3.63) is 65.5 Å². The molecule has 3 aromatic rings. The number of nitrogens with two attached hydrogens (primary N) is 1. The molecule has 1 atom stereocenters. The minimum Gasteiger partial charge on any atom is -0.336 e. The number of hydrogen-bond acceptors (Lipinski definition) is 5. The van der Waals surface area contributed by atoms with E-state index in [-0.39, 0.29) is 22.5 Å². The molecule has 0 spiro atoms. The van der Waals surface area contributed by atoms with Crippen molar-refractivity contribution < 1.29 is 18.0 Å². The van der Waals surface area contributed by atoms with Gasteiger partial charge in [-0.2, -0.15) is 0 Å². The van der Waals surface area contributed by atoms with Gasteiger partial charge in [-0.25, -0.2) is 13.6 Å². The number of likely N-dealkylation sites (tertiary alicyclic amines) is 1. The molecule has 1 aliphatic heterocycles. The number of fused-ring (bicyclic) bond motifs is 1. The molecule has 2 amide bonds. The van der Waals surface area contributed by atoms with Crippen molar-refractivity contribution in [2.45, 2.75) is 44.0 Å². The largest absolute Gasteiger partial charge is 0.336 e. The summed E-state index contributed by atoms with van der Waals surface area (Å²) < 4.78 is 23.8. The third-order valence-corrected chi connectivity index (χ3v) is 7.04. The van der Waals surface area contributed by atoms with Crippen LogP contribution in [-0.2, 0) is 10.0 Å². The van der Waals surface area contributed by atoms with Crippen molar-refractivity contribution in [2.75, 3.05) is 11.9 Å². The lowest BCUT2D eigenvalue weighted by atomic mass is 10.0. The monoisotopic (exact) mass is 466 g/mol. The number of aromatic nitrogens is 1. The summed E-state index contributed by atoms with van der Waals surface area (Å²) in [6.45, 7) is 4.64. The summed E-state index contributed by atoms with van der Waals surface area (Å²) in [6, 6.07) is 11.5. The van der Waals surface area contributed by atoms with Gasteiger partial charge in [-0.1, -0.05) is 12.1 Å². The Morgan fingerprint density at radius 1 is 1.12 bits per heavy atom. The van der Waals surface area contributed by atoms with Crippen LogP contribution in [0.4, 0.5) is 5.69 Å². The Morgan fingerprint density at radius 2 is 1.91 bits per heavy atom. The average Bonchev–Trinajstić information content (AvgIpc) is 2.78. The van der Waals surface area contributed by atoms with Crippen molar-refractivity contribution in [1.82, 2.24) is 9.88 Å². The molecule has 2 aromatic carbocycles. The Balaban J connectivity index is 1.61. The van der Waals surface area contributed by atoms with Crippen LogP contribution in [-0.4, -0.2) is 42.7 Å². The molecule has 1 aromatic heterocycles. The first kappa shape index (κ1) is 22.9. The first-order valence-electron chi connectivity index (χ1n) is 10.8. The molecule has 2 heterocycles. The summed E-state index contributed by atoms with van der Waals surface area (Å²) in [5.41, 5.74) is 1.95. The molecule has 0 saturated carbocycles. The Morgan fingerprint density at radius 3 is 2.61 bits per heavy atom. The minimum absolute atomic E-state index is 0.00517. The second kappa shape index (κ2) is 8.92. The molecule has 3 N–H and O–H groups in total. The SMILES string of the molecule is Cc1cc(C(=O)N2CCCCC2C)ccc1NC(=O)c1nccc2c(S(N)(=O)=O)cccc12. The van der Waals surface area contributed by atoms with E-state index < -0.39 is 15.9 Å². The number of carbonyl (C=O) groups excluding carboxylic acids is 2. The predicted molar refractivity (Wildman–Crippen MR) is 127 cm³/mol. The van der Waals surface area contributed by atoms with Gasteiger partial charge in [-0.3, -0.25) is 14.6 Å². The molecule has 1 fully saturated rings. The number of hydrogen-bond donors (Lipinski definition) is 2. The third kappa shape index (κ3) is 4.60. The molecular formula is C24H26N4O4S. The molecule has 0 bridgehead atoms. The lowest BCUT2D eigenvalue weighted by Crippen LogP contribution is -2.42. The van der Waals surface area contributed by atoms with Gasteiger partial charge in [0.2, 0.25) is 10.0 Å². The molecule has 1 aliphatic rings. The highest BCUT2D eigenvalue weighted by molar-refractivity contribution is 7.89. The number of sulfonamides is 1. The maximum Gasteiger partial charge on any atom is 0.274 e. The Bertz CT molecular complexity index is 1350. The first-order chi connectivity index (χ1) is 15.7. The number of primary sulfonamides is 1. The van der Waals surface area contributed by atoms with Gasteiger partial charge in [0.25, 0.3) is 11.8 Å². The topological polar surface area (TPSA) is 122 Å². The van der Waals surface area contributed by atoms with Crippen molar-refractivity contribution in [3.63, 3.8) is 0 Å². The zero-order chi connectivity index (χ0) is 23.8. The number of piperidine rings is 1. The number of amides is 2. The second-order valence-electron chi connectivity index (χ2n) is 8.38. The lowest BCUT2D eigenvalue weighted by Gasteiger charge is -2.33. The molecular weight excluding hydrogens is 440 g/mol. The number of rotatable bonds is 4. The molecule has 8 nitrogen and oxygen atoms in total. The van der Waals surface area contributed by atoms with Crippen LogP contribution >= 0.6 is 0 Å². The smallest absolute Gasteiger partial charge is 0.274 e. The first-order valence-corrected chi connectivity index (χ1v) is 12.3. The summed E-state index contributed by atoms with van der Waals surface area (Å²) >= 11 is 0. The van der Waals surface area contributed by atoms with Crippen LogP contribution in [0.1, 0.15) is 52.6 Å². The fourth-order valence-electron chi connectivity index (χ4n) is 4.29. The van der Waals surface area contributed by atoms with Crippen molar-refractivity contribution >= 4 is 38.3 Å². The number of nitrogens with one attached hydrogen (secondary N) is 1. The van der Waals surface area contributed by atoms with Crippen LogP contribution in [0.2, 0.25) is 0 Å². The van der Waals surface area contributed by atoms with Crippen LogP contribution in [0.3, 0.4) is 0 Å². The van der Waals surface area contributed by atoms with Gasteiger partial charge in [0.05, 0.1) is 4.90 Å². The van der Waals surface area contributed by atoms with Crippen LogP contribution in [0.5, 0.6) is 0 Å². The summed E-state index contributed by atoms with van der Waals surface area (Å²) in [6.07, 6.45) is 4.52. The van der Waals surface area contributed by atoms with Gasteiger partial charge >= 0.3 is 0 Å². The van der Waals surface area contributed by atoms with Gasteiger partial charge in [0, 0.05) is 40.8 Å². The molecule has 1 saturated heterocycles. The molecule has 9 heteroatoms. The number of benzene rings is 2. The van der Waals surface area contributed by atoms with E-state index in [2.05, 4.69) is 17.2 Å². The standard InChI is InChI=1S/C24H26N4O4S/c1-15-14-17(24(30)28-13-4-3-6-16(28)2)9-10-20(15)27-23(29)22-19-7-5-8-21(33(25,31)32)18(19)11-12-26-22/h5,7-12,14,16H,3-4,6,13H2,1-2H3,(H,27,29)(H2,25,31,32). The Kier molecular flexibility index (Phi) is 6.18. The van der Waals surface area contributed by atoms with Crippen LogP contribution < -0.4 is 10.5 Å². The summed E-state index contributed by atoms with van der Waals surface area (Å²) in [5.74, 6) is -0.492. The van der Waals surface area contributed by atoms with Gasteiger partial charge in [0.1, 0.15) is 5.69 Å². The maximum atomic E-state index is 13.0. The molecule has 0 aliphatic carbocycles. The molecule has 1 unspecified atom stereocenters. The van der Waals surface area contributed by atoms with Crippen LogP contribution in [0, 0.1) is 6.92 Å². The Hall–Kier alpha value is -3.30. The fraction of sp³-hybridized carbons (Fsp3) is 0.292. The quantitative estimate of drug-likeness (QED) is 0.610. The minimum atomic E-state index is -3.96. The lowest BCUT2D eigenvalue weighted by molar-refractivity contribution is 0.0635. The van der Waals surface area contributed by atoms with Gasteiger partial charge in [0.15, 0.2) is 0 Å². The average molecular weight is 467 g/mol. The van der Waals surface area contributed by atoms with E-state index in [0.29, 0.717) is 22.0 Å². The molecule has 172 valence electrons. The Labute approximate surface area is 192 Å². The molecule has 0 radical (unpaired) electrons. The summed E-state index contributed by atoms with van der Waals surface area (Å²) in [5, 5.41) is 8.84. The number of aryl methyl sites for hydroxylation is 1. The predicted octanol–water partition coefficient (Wildman–Crippen LogP) is 3.46. The number of pyridine rings is 1. The van der Waals surface area contributed by atoms with Crippen molar-refractivity contribution in [2.24, 2.45) is 5.14 Å². The fourth-order valence-corrected chi connectivity index (χ4v) is 5.04. The van der Waals surface area contributed by atoms with Gasteiger partial charge in [-0.15, -0.1) is 0 Å². The molecule has 4 rings (SSSR count). The third-order valence-electron chi connectivity index (χ3n) is 6.07. The van der Waals surface area contributed by atoms with E-state index in [1.54, 1.807) is 24.3 Å². The van der Waals surface area contributed by atoms with Crippen LogP contribution in [0.25, 0.3) is 10.8 Å². The summed E-state index contributed by atoms with van der Waals surface area (Å²) in [4.78, 5) is 32.0. The van der Waals surface area contributed by atoms with E-state index in [0.717, 1.165) is 31.4 Å². The van der Waals surface area contributed by atoms with E-state index >= 15 is 0 Å². The second-order valence-corrected chi connectivity index (χ2v) is 9.91. The number of nitrogens with zero attached hydrogens (tertiary/aromatic N) is 2. The maximum absolute atomic E-state index is 13.0. The van der Waals surface area contributed by atoms with E-state index in [4.69, 9.17) is 5.14 Å². The summed E-state index contributed by atoms with van der Waals surface area (Å²) in [7, 11) is -3.96. The molecule has 33 heavy (non-hydrogen) atoms. The zero-order valence-corrected chi connectivity index (χ0v) is 19.4. The van der Waals surface area contributed by atoms with Gasteiger partial charge in [-0.05, 0) is 69.0 Å². The normalized spacial score (nSPS) is 16.6. The highest BCUT2D eigenvalue weighted by atomic mass is 32.2. The highest BCUT2D eigenvalue weighted by Crippen LogP contribution is 2.26. The van der Waals surface area contributed by atoms with E-state index in [9.17, 15) is 18.0 Å². The van der Waals surface area contributed by atoms with Crippen LogP contribution in [0.15, 0.2) is 53.6 Å². The van der Waals surface area contributed by atoms with Crippen molar-refractivity contribution in [3.8, 4) is 0 Å². The van der Waals surface area contributed by atoms with E-state index in [1.165, 1.54) is 24.4 Å². The number of anilines is 1. The number of carbonyl (C=O) groups is 2. The van der Waals surface area contributed by atoms with Gasteiger partial charge < -0.3 is 10.2 Å². The van der Waals surface area contributed by atoms with E-state index in [1.807, 2.05) is 11.8 Å². The van der Waals surface area contributed by atoms with Crippen molar-refractivity contribution in [1.29, 1.82) is 0 Å². The zero-order valence-electron chi connectivity index (χ0n) is 18.5.